The summed E-state index contributed by atoms with van der Waals surface area (Å²) in [6.07, 6.45) is 9.52. The molecule has 0 heterocycles. The minimum atomic E-state index is -0.328. The topological polar surface area (TPSA) is 33.0 Å². The van der Waals surface area contributed by atoms with E-state index < -0.39 is 0 Å². The van der Waals surface area contributed by atoms with Crippen LogP contribution in [0.1, 0.15) is 81.4 Å². The Balaban J connectivity index is 1.86. The minimum Gasteiger partial charge on any atom is -0.493 e. The number of methoxy groups -OCH3 is 1. The van der Waals surface area contributed by atoms with Gasteiger partial charge in [0.15, 0.2) is 11.6 Å². The van der Waals surface area contributed by atoms with Gasteiger partial charge in [0, 0.05) is 11.1 Å². The van der Waals surface area contributed by atoms with Crippen LogP contribution in [-0.4, -0.2) is 7.11 Å². The predicted molar refractivity (Wildman–Crippen MR) is 117 cm³/mol. The van der Waals surface area contributed by atoms with Crippen LogP contribution in [0, 0.1) is 23.1 Å². The van der Waals surface area contributed by atoms with E-state index >= 15 is 0 Å². The Morgan fingerprint density at radius 1 is 1.07 bits per heavy atom. The third kappa shape index (κ3) is 4.64. The maximum atomic E-state index is 14.7. The number of ether oxygens (including phenoxy) is 1. The van der Waals surface area contributed by atoms with Gasteiger partial charge in [-0.15, -0.1) is 0 Å². The molecule has 0 radical (unpaired) electrons. The van der Waals surface area contributed by atoms with Gasteiger partial charge in [-0.1, -0.05) is 57.4 Å². The lowest BCUT2D eigenvalue weighted by Gasteiger charge is -2.29. The van der Waals surface area contributed by atoms with E-state index in [0.29, 0.717) is 29.0 Å². The molecule has 0 unspecified atom stereocenters. The van der Waals surface area contributed by atoms with E-state index in [1.807, 2.05) is 25.1 Å². The molecular formula is C26H32FNO. The summed E-state index contributed by atoms with van der Waals surface area (Å²) in [5.74, 6) is 1.29. The van der Waals surface area contributed by atoms with Crippen molar-refractivity contribution in [2.45, 2.75) is 71.1 Å². The minimum absolute atomic E-state index is 0.227. The molecule has 1 saturated carbocycles. The monoisotopic (exact) mass is 393 g/mol. The van der Waals surface area contributed by atoms with Crippen LogP contribution >= 0.6 is 0 Å². The fourth-order valence-electron chi connectivity index (χ4n) is 4.70. The Hall–Kier alpha value is -2.34. The molecule has 0 saturated heterocycles. The largest absolute Gasteiger partial charge is 0.493 e. The summed E-state index contributed by atoms with van der Waals surface area (Å²) in [6.45, 7) is 4.18. The van der Waals surface area contributed by atoms with Gasteiger partial charge in [0.2, 0.25) is 0 Å². The summed E-state index contributed by atoms with van der Waals surface area (Å²) < 4.78 is 20.1. The second kappa shape index (κ2) is 9.92. The number of rotatable bonds is 7. The molecule has 154 valence electrons. The highest BCUT2D eigenvalue weighted by molar-refractivity contribution is 5.77. The molecule has 1 aliphatic carbocycles. The van der Waals surface area contributed by atoms with E-state index in [2.05, 4.69) is 19.1 Å². The normalized spacial score (nSPS) is 19.0. The van der Waals surface area contributed by atoms with Crippen molar-refractivity contribution in [1.29, 1.82) is 5.26 Å². The van der Waals surface area contributed by atoms with Gasteiger partial charge < -0.3 is 4.74 Å². The third-order valence-electron chi connectivity index (χ3n) is 6.50. The fourth-order valence-corrected chi connectivity index (χ4v) is 4.70. The summed E-state index contributed by atoms with van der Waals surface area (Å²) in [6, 6.07) is 12.1. The molecule has 0 atom stereocenters. The molecule has 0 spiro atoms. The second-order valence-corrected chi connectivity index (χ2v) is 8.25. The van der Waals surface area contributed by atoms with Crippen LogP contribution in [-0.2, 0) is 6.42 Å². The molecule has 0 N–H and O–H groups in total. The Labute approximate surface area is 174 Å². The van der Waals surface area contributed by atoms with Gasteiger partial charge in [-0.05, 0) is 61.1 Å². The van der Waals surface area contributed by atoms with Crippen LogP contribution in [0.4, 0.5) is 4.39 Å². The van der Waals surface area contributed by atoms with Crippen LogP contribution in [0.3, 0.4) is 0 Å². The van der Waals surface area contributed by atoms with Crippen molar-refractivity contribution in [3.8, 4) is 22.9 Å². The van der Waals surface area contributed by atoms with Crippen molar-refractivity contribution in [2.24, 2.45) is 5.92 Å². The number of aryl methyl sites for hydroxylation is 1. The first kappa shape index (κ1) is 21.4. The van der Waals surface area contributed by atoms with E-state index in [-0.39, 0.29) is 11.6 Å². The SMILES string of the molecule is CCCCC1CCC(c2ccc(-c3ccc(CC)c(F)c3OC)c(C#N)c2)CC1. The Bertz CT molecular complexity index is 875. The molecule has 3 rings (SSSR count). The molecule has 1 aliphatic rings. The second-order valence-electron chi connectivity index (χ2n) is 8.25. The summed E-state index contributed by atoms with van der Waals surface area (Å²) in [7, 11) is 1.48. The molecule has 2 nitrogen and oxygen atoms in total. The number of nitrogens with zero attached hydrogens (tertiary/aromatic N) is 1. The number of halogens is 1. The van der Waals surface area contributed by atoms with Crippen molar-refractivity contribution < 1.29 is 9.13 Å². The summed E-state index contributed by atoms with van der Waals surface area (Å²) in [4.78, 5) is 0. The zero-order valence-corrected chi connectivity index (χ0v) is 17.9. The maximum Gasteiger partial charge on any atom is 0.168 e. The molecule has 3 heteroatoms. The van der Waals surface area contributed by atoms with E-state index in [4.69, 9.17) is 4.74 Å². The lowest BCUT2D eigenvalue weighted by molar-refractivity contribution is 0.304. The molecule has 0 bridgehead atoms. The Morgan fingerprint density at radius 3 is 2.41 bits per heavy atom. The highest BCUT2D eigenvalue weighted by atomic mass is 19.1. The quantitative estimate of drug-likeness (QED) is 0.491. The molecule has 29 heavy (non-hydrogen) atoms. The lowest BCUT2D eigenvalue weighted by Crippen LogP contribution is -2.13. The Morgan fingerprint density at radius 2 is 1.79 bits per heavy atom. The van der Waals surface area contributed by atoms with Gasteiger partial charge >= 0.3 is 0 Å². The average molecular weight is 394 g/mol. The van der Waals surface area contributed by atoms with Crippen LogP contribution < -0.4 is 4.74 Å². The van der Waals surface area contributed by atoms with Gasteiger partial charge in [-0.2, -0.15) is 5.26 Å². The van der Waals surface area contributed by atoms with Gasteiger partial charge in [-0.3, -0.25) is 0 Å². The van der Waals surface area contributed by atoms with Crippen molar-refractivity contribution in [3.63, 3.8) is 0 Å². The summed E-state index contributed by atoms with van der Waals surface area (Å²) in [5.41, 5.74) is 3.85. The first-order valence-electron chi connectivity index (χ1n) is 11.0. The molecular weight excluding hydrogens is 361 g/mol. The van der Waals surface area contributed by atoms with Crippen molar-refractivity contribution >= 4 is 0 Å². The zero-order chi connectivity index (χ0) is 20.8. The van der Waals surface area contributed by atoms with E-state index in [1.54, 1.807) is 6.07 Å². The van der Waals surface area contributed by atoms with Crippen LogP contribution in [0.25, 0.3) is 11.1 Å². The fraction of sp³-hybridized carbons (Fsp3) is 0.500. The third-order valence-corrected chi connectivity index (χ3v) is 6.50. The predicted octanol–water partition coefficient (Wildman–Crippen LogP) is 7.40. The molecule has 1 fully saturated rings. The first-order chi connectivity index (χ1) is 14.1. The van der Waals surface area contributed by atoms with Gasteiger partial charge in [0.05, 0.1) is 18.7 Å². The molecule has 0 aliphatic heterocycles. The first-order valence-corrected chi connectivity index (χ1v) is 11.0. The standard InChI is InChI=1S/C26H32FNO/c1-4-6-7-18-8-10-20(11-9-18)21-13-14-23(22(16-21)17-28)24-15-12-19(5-2)25(27)26(24)29-3/h12-16,18,20H,4-11H2,1-3H3. The molecule has 2 aromatic rings. The van der Waals surface area contributed by atoms with E-state index in [0.717, 1.165) is 11.5 Å². The summed E-state index contributed by atoms with van der Waals surface area (Å²) >= 11 is 0. The van der Waals surface area contributed by atoms with Crippen molar-refractivity contribution in [2.75, 3.05) is 7.11 Å². The van der Waals surface area contributed by atoms with Gasteiger partial charge in [-0.25, -0.2) is 4.39 Å². The van der Waals surface area contributed by atoms with E-state index in [9.17, 15) is 9.65 Å². The highest BCUT2D eigenvalue weighted by Crippen LogP contribution is 2.41. The number of benzene rings is 2. The Kier molecular flexibility index (Phi) is 7.31. The van der Waals surface area contributed by atoms with E-state index in [1.165, 1.54) is 57.6 Å². The lowest BCUT2D eigenvalue weighted by atomic mass is 9.76. The smallest absolute Gasteiger partial charge is 0.168 e. The molecule has 0 amide bonds. The van der Waals surface area contributed by atoms with Crippen LogP contribution in [0.2, 0.25) is 0 Å². The van der Waals surface area contributed by atoms with Crippen LogP contribution in [0.5, 0.6) is 5.75 Å². The number of unbranched alkanes of at least 4 members (excludes halogenated alkanes) is 1. The summed E-state index contributed by atoms with van der Waals surface area (Å²) in [5, 5.41) is 9.79. The van der Waals surface area contributed by atoms with Crippen LogP contribution in [0.15, 0.2) is 30.3 Å². The highest BCUT2D eigenvalue weighted by Gasteiger charge is 2.23. The number of nitriles is 1. The zero-order valence-electron chi connectivity index (χ0n) is 17.9. The number of hydrogen-bond donors (Lipinski definition) is 0. The molecule has 0 aromatic heterocycles. The van der Waals surface area contributed by atoms with Gasteiger partial charge in [0.25, 0.3) is 0 Å². The van der Waals surface area contributed by atoms with Gasteiger partial charge in [0.1, 0.15) is 0 Å². The number of hydrogen-bond acceptors (Lipinski definition) is 2. The van der Waals surface area contributed by atoms with Crippen molar-refractivity contribution in [1.82, 2.24) is 0 Å². The average Bonchev–Trinajstić information content (AvgIpc) is 2.77. The maximum absolute atomic E-state index is 14.7. The molecule has 2 aromatic carbocycles. The van der Waals surface area contributed by atoms with Crippen molar-refractivity contribution in [3.05, 3.63) is 52.8 Å².